The molecular formula is C9H10N3O+. The largest absolute Gasteiger partial charge is 0.360 e. The first-order chi connectivity index (χ1) is 6.29. The van der Waals surface area contributed by atoms with Crippen molar-refractivity contribution in [1.29, 1.82) is 0 Å². The van der Waals surface area contributed by atoms with Crippen LogP contribution in [-0.2, 0) is 0 Å². The standard InChI is InChI=1S/C9H10N3O/c1-7-9(6-13-11-7)12-5-3-4-10-8(12)2/h3-6H,1-2H3/q+1. The van der Waals surface area contributed by atoms with Crippen molar-refractivity contribution in [3.05, 3.63) is 36.2 Å². The molecule has 0 amide bonds. The van der Waals surface area contributed by atoms with Crippen molar-refractivity contribution in [2.75, 3.05) is 0 Å². The highest BCUT2D eigenvalue weighted by Gasteiger charge is 2.13. The molecule has 2 rings (SSSR count). The number of rotatable bonds is 1. The maximum Gasteiger partial charge on any atom is 0.300 e. The molecule has 0 aliphatic carbocycles. The third kappa shape index (κ3) is 1.30. The Labute approximate surface area is 75.8 Å². The molecule has 0 atom stereocenters. The van der Waals surface area contributed by atoms with E-state index in [2.05, 4.69) is 10.1 Å². The summed E-state index contributed by atoms with van der Waals surface area (Å²) in [5.41, 5.74) is 1.80. The third-order valence-electron chi connectivity index (χ3n) is 1.92. The smallest absolute Gasteiger partial charge is 0.300 e. The summed E-state index contributed by atoms with van der Waals surface area (Å²) in [7, 11) is 0. The normalized spacial score (nSPS) is 10.3. The predicted octanol–water partition coefficient (Wildman–Crippen LogP) is 0.963. The molecule has 4 heteroatoms. The average Bonchev–Trinajstić information content (AvgIpc) is 2.52. The van der Waals surface area contributed by atoms with E-state index in [0.717, 1.165) is 17.2 Å². The van der Waals surface area contributed by atoms with Crippen LogP contribution in [-0.4, -0.2) is 10.1 Å². The molecule has 0 radical (unpaired) electrons. The minimum atomic E-state index is 0.862. The van der Waals surface area contributed by atoms with Gasteiger partial charge in [0.2, 0.25) is 0 Å². The van der Waals surface area contributed by atoms with Crippen molar-refractivity contribution in [2.45, 2.75) is 13.8 Å². The molecule has 0 N–H and O–H groups in total. The second kappa shape index (κ2) is 2.97. The lowest BCUT2D eigenvalue weighted by Crippen LogP contribution is -2.34. The zero-order chi connectivity index (χ0) is 9.26. The van der Waals surface area contributed by atoms with Crippen LogP contribution >= 0.6 is 0 Å². The highest BCUT2D eigenvalue weighted by Crippen LogP contribution is 2.04. The molecule has 2 aromatic heterocycles. The molecule has 0 aromatic carbocycles. The van der Waals surface area contributed by atoms with Gasteiger partial charge in [-0.2, -0.15) is 4.57 Å². The van der Waals surface area contributed by atoms with Crippen molar-refractivity contribution in [1.82, 2.24) is 10.1 Å². The second-order valence-electron chi connectivity index (χ2n) is 2.82. The zero-order valence-corrected chi connectivity index (χ0v) is 7.56. The van der Waals surface area contributed by atoms with E-state index in [0.29, 0.717) is 0 Å². The van der Waals surface area contributed by atoms with Crippen LogP contribution in [0.4, 0.5) is 0 Å². The van der Waals surface area contributed by atoms with Crippen LogP contribution in [0.2, 0.25) is 0 Å². The molecule has 0 spiro atoms. The van der Waals surface area contributed by atoms with Gasteiger partial charge >= 0.3 is 0 Å². The molecule has 66 valence electrons. The topological polar surface area (TPSA) is 42.8 Å². The van der Waals surface area contributed by atoms with Gasteiger partial charge in [-0.05, 0) is 6.92 Å². The van der Waals surface area contributed by atoms with Gasteiger partial charge in [-0.1, -0.05) is 10.1 Å². The molecule has 2 aromatic rings. The predicted molar refractivity (Wildman–Crippen MR) is 45.3 cm³/mol. The summed E-state index contributed by atoms with van der Waals surface area (Å²) < 4.78 is 6.79. The number of aryl methyl sites for hydroxylation is 2. The maximum absolute atomic E-state index is 4.86. The lowest BCUT2D eigenvalue weighted by molar-refractivity contribution is -0.607. The molecule has 0 aliphatic heterocycles. The summed E-state index contributed by atoms with van der Waals surface area (Å²) >= 11 is 0. The van der Waals surface area contributed by atoms with Gasteiger partial charge in [-0.3, -0.25) is 0 Å². The second-order valence-corrected chi connectivity index (χ2v) is 2.82. The maximum atomic E-state index is 4.86. The van der Waals surface area contributed by atoms with Crippen LogP contribution in [0.15, 0.2) is 29.2 Å². The molecule has 0 fully saturated rings. The van der Waals surface area contributed by atoms with Crippen LogP contribution in [0.1, 0.15) is 11.5 Å². The average molecular weight is 176 g/mol. The van der Waals surface area contributed by atoms with Crippen LogP contribution in [0.25, 0.3) is 5.69 Å². The summed E-state index contributed by atoms with van der Waals surface area (Å²) in [5.74, 6) is 0.911. The third-order valence-corrected chi connectivity index (χ3v) is 1.92. The molecule has 0 aliphatic rings. The Hall–Kier alpha value is -1.71. The molecule has 0 saturated heterocycles. The summed E-state index contributed by atoms with van der Waals surface area (Å²) in [6, 6.07) is 1.87. The van der Waals surface area contributed by atoms with Gasteiger partial charge in [0, 0.05) is 13.0 Å². The van der Waals surface area contributed by atoms with E-state index in [9.17, 15) is 0 Å². The lowest BCUT2D eigenvalue weighted by atomic mass is 10.4. The fraction of sp³-hybridized carbons (Fsp3) is 0.222. The summed E-state index contributed by atoms with van der Waals surface area (Å²) in [6.07, 6.45) is 5.31. The first-order valence-corrected chi connectivity index (χ1v) is 4.03. The Morgan fingerprint density at radius 1 is 1.38 bits per heavy atom. The van der Waals surface area contributed by atoms with E-state index in [1.54, 1.807) is 12.5 Å². The van der Waals surface area contributed by atoms with Crippen molar-refractivity contribution < 1.29 is 9.09 Å². The van der Waals surface area contributed by atoms with Crippen LogP contribution in [0.3, 0.4) is 0 Å². The van der Waals surface area contributed by atoms with Gasteiger partial charge in [0.15, 0.2) is 12.0 Å². The van der Waals surface area contributed by atoms with Crippen LogP contribution in [0.5, 0.6) is 0 Å². The van der Waals surface area contributed by atoms with E-state index in [4.69, 9.17) is 4.52 Å². The molecule has 0 unspecified atom stereocenters. The lowest BCUT2D eigenvalue weighted by Gasteiger charge is -1.95. The minimum Gasteiger partial charge on any atom is -0.360 e. The Morgan fingerprint density at radius 3 is 2.85 bits per heavy atom. The van der Waals surface area contributed by atoms with E-state index in [1.807, 2.05) is 30.7 Å². The van der Waals surface area contributed by atoms with Gasteiger partial charge in [-0.25, -0.2) is 0 Å². The van der Waals surface area contributed by atoms with Crippen LogP contribution in [0, 0.1) is 13.8 Å². The summed E-state index contributed by atoms with van der Waals surface area (Å²) in [4.78, 5) is 4.17. The number of hydrogen-bond donors (Lipinski definition) is 0. The Morgan fingerprint density at radius 2 is 2.23 bits per heavy atom. The van der Waals surface area contributed by atoms with Gasteiger partial charge in [-0.15, -0.1) is 0 Å². The van der Waals surface area contributed by atoms with Crippen molar-refractivity contribution in [2.24, 2.45) is 0 Å². The van der Waals surface area contributed by atoms with Gasteiger partial charge in [0.25, 0.3) is 5.82 Å². The van der Waals surface area contributed by atoms with E-state index < -0.39 is 0 Å². The van der Waals surface area contributed by atoms with Crippen LogP contribution < -0.4 is 4.57 Å². The quantitative estimate of drug-likeness (QED) is 0.608. The van der Waals surface area contributed by atoms with E-state index in [1.165, 1.54) is 0 Å². The van der Waals surface area contributed by atoms with E-state index >= 15 is 0 Å². The molecule has 2 heterocycles. The molecule has 4 nitrogen and oxygen atoms in total. The Kier molecular flexibility index (Phi) is 1.81. The Balaban J connectivity index is 2.59. The molecule has 13 heavy (non-hydrogen) atoms. The molecule has 0 saturated carbocycles. The number of aromatic nitrogens is 3. The summed E-state index contributed by atoms with van der Waals surface area (Å²) in [5, 5.41) is 3.81. The number of hydrogen-bond acceptors (Lipinski definition) is 3. The minimum absolute atomic E-state index is 0.862. The van der Waals surface area contributed by atoms with Gasteiger partial charge in [0.05, 0.1) is 0 Å². The van der Waals surface area contributed by atoms with E-state index in [-0.39, 0.29) is 0 Å². The van der Waals surface area contributed by atoms with Crippen molar-refractivity contribution >= 4 is 0 Å². The highest BCUT2D eigenvalue weighted by molar-refractivity contribution is 5.20. The summed E-state index contributed by atoms with van der Waals surface area (Å²) in [6.45, 7) is 3.84. The zero-order valence-electron chi connectivity index (χ0n) is 7.56. The van der Waals surface area contributed by atoms with Gasteiger partial charge in [0.1, 0.15) is 18.1 Å². The first kappa shape index (κ1) is 7.91. The Bertz CT molecular complexity index is 422. The van der Waals surface area contributed by atoms with Crippen molar-refractivity contribution in [3.63, 3.8) is 0 Å². The molecular weight excluding hydrogens is 166 g/mol. The number of nitrogens with zero attached hydrogens (tertiary/aromatic N) is 3. The monoisotopic (exact) mass is 176 g/mol. The molecule has 0 bridgehead atoms. The van der Waals surface area contributed by atoms with Crippen molar-refractivity contribution in [3.8, 4) is 5.69 Å². The fourth-order valence-electron chi connectivity index (χ4n) is 1.22. The first-order valence-electron chi connectivity index (χ1n) is 4.03. The SMILES string of the molecule is Cc1nocc1-[n+]1cccnc1C. The van der Waals surface area contributed by atoms with Gasteiger partial charge < -0.3 is 4.52 Å². The fourth-order valence-corrected chi connectivity index (χ4v) is 1.22. The highest BCUT2D eigenvalue weighted by atomic mass is 16.5.